The number of imidazole rings is 1. The van der Waals surface area contributed by atoms with Crippen LogP contribution in [0, 0.1) is 0 Å². The summed E-state index contributed by atoms with van der Waals surface area (Å²) in [6, 6.07) is 0. The van der Waals surface area contributed by atoms with Crippen LogP contribution in [0.15, 0.2) is 29.3 Å². The standard InChI is InChI=1S/C10H17N3O/c1-2-6-12-8-9-13(10(12)14)7-4-3-5-11/h3-4,8-9H,2,5-7,11H2,1H3/b4-3+. The van der Waals surface area contributed by atoms with Gasteiger partial charge in [-0.3, -0.25) is 9.13 Å². The summed E-state index contributed by atoms with van der Waals surface area (Å²) >= 11 is 0. The fourth-order valence-corrected chi connectivity index (χ4v) is 1.29. The molecular formula is C10H17N3O. The number of aromatic nitrogens is 2. The molecule has 4 heteroatoms. The van der Waals surface area contributed by atoms with Gasteiger partial charge in [0.2, 0.25) is 0 Å². The van der Waals surface area contributed by atoms with Crippen molar-refractivity contribution in [2.75, 3.05) is 6.54 Å². The van der Waals surface area contributed by atoms with Crippen molar-refractivity contribution in [3.8, 4) is 0 Å². The molecule has 0 radical (unpaired) electrons. The minimum absolute atomic E-state index is 0.0496. The number of hydrogen-bond acceptors (Lipinski definition) is 2. The summed E-state index contributed by atoms with van der Waals surface area (Å²) in [6.45, 7) is 3.96. The van der Waals surface area contributed by atoms with Gasteiger partial charge in [0.15, 0.2) is 0 Å². The normalized spacial score (nSPS) is 11.3. The van der Waals surface area contributed by atoms with Gasteiger partial charge in [0.1, 0.15) is 0 Å². The van der Waals surface area contributed by atoms with E-state index in [0.29, 0.717) is 13.1 Å². The molecule has 0 amide bonds. The van der Waals surface area contributed by atoms with Gasteiger partial charge in [-0.05, 0) is 6.42 Å². The Kier molecular flexibility index (Phi) is 4.19. The van der Waals surface area contributed by atoms with Gasteiger partial charge in [-0.2, -0.15) is 0 Å². The molecule has 0 aliphatic rings. The van der Waals surface area contributed by atoms with E-state index in [9.17, 15) is 4.79 Å². The van der Waals surface area contributed by atoms with Crippen molar-refractivity contribution < 1.29 is 0 Å². The molecular weight excluding hydrogens is 178 g/mol. The first-order valence-corrected chi connectivity index (χ1v) is 4.90. The Balaban J connectivity index is 2.69. The second-order valence-electron chi connectivity index (χ2n) is 3.13. The molecule has 1 heterocycles. The molecule has 0 spiro atoms. The van der Waals surface area contributed by atoms with Gasteiger partial charge in [0.05, 0.1) is 0 Å². The number of hydrogen-bond donors (Lipinski definition) is 1. The van der Waals surface area contributed by atoms with Gasteiger partial charge in [-0.1, -0.05) is 19.1 Å². The molecule has 0 fully saturated rings. The Bertz CT molecular complexity index is 348. The van der Waals surface area contributed by atoms with Crippen LogP contribution in [0.5, 0.6) is 0 Å². The summed E-state index contributed by atoms with van der Waals surface area (Å²) in [5.74, 6) is 0. The average Bonchev–Trinajstić information content (AvgIpc) is 2.51. The molecule has 0 aliphatic heterocycles. The first kappa shape index (κ1) is 10.8. The summed E-state index contributed by atoms with van der Waals surface area (Å²) < 4.78 is 3.39. The van der Waals surface area contributed by atoms with E-state index in [2.05, 4.69) is 6.92 Å². The van der Waals surface area contributed by atoms with Crippen molar-refractivity contribution in [3.05, 3.63) is 35.0 Å². The highest BCUT2D eigenvalue weighted by Gasteiger charge is 1.99. The molecule has 0 saturated carbocycles. The molecule has 0 unspecified atom stereocenters. The lowest BCUT2D eigenvalue weighted by molar-refractivity contribution is 0.627. The molecule has 2 N–H and O–H groups in total. The summed E-state index contributed by atoms with van der Waals surface area (Å²) in [4.78, 5) is 11.6. The topological polar surface area (TPSA) is 52.9 Å². The minimum atomic E-state index is 0.0496. The number of nitrogens with zero attached hydrogens (tertiary/aromatic N) is 2. The zero-order chi connectivity index (χ0) is 10.4. The highest BCUT2D eigenvalue weighted by molar-refractivity contribution is 4.88. The zero-order valence-electron chi connectivity index (χ0n) is 8.52. The summed E-state index contributed by atoms with van der Waals surface area (Å²) in [5, 5.41) is 0. The predicted octanol–water partition coefficient (Wildman–Crippen LogP) is 0.575. The molecule has 1 rings (SSSR count). The second kappa shape index (κ2) is 5.44. The Labute approximate surface area is 83.6 Å². The smallest absolute Gasteiger partial charge is 0.327 e. The Morgan fingerprint density at radius 3 is 2.71 bits per heavy atom. The van der Waals surface area contributed by atoms with E-state index < -0.39 is 0 Å². The first-order chi connectivity index (χ1) is 6.79. The van der Waals surface area contributed by atoms with E-state index in [0.717, 1.165) is 13.0 Å². The minimum Gasteiger partial charge on any atom is -0.327 e. The maximum Gasteiger partial charge on any atom is 0.328 e. The fraction of sp³-hybridized carbons (Fsp3) is 0.500. The third kappa shape index (κ3) is 2.60. The van der Waals surface area contributed by atoms with Crippen LogP contribution >= 0.6 is 0 Å². The summed E-state index contributed by atoms with van der Waals surface area (Å²) in [7, 11) is 0. The maximum absolute atomic E-state index is 11.6. The second-order valence-corrected chi connectivity index (χ2v) is 3.13. The lowest BCUT2D eigenvalue weighted by Gasteiger charge is -1.97. The first-order valence-electron chi connectivity index (χ1n) is 4.90. The van der Waals surface area contributed by atoms with E-state index in [-0.39, 0.29) is 5.69 Å². The zero-order valence-corrected chi connectivity index (χ0v) is 8.52. The summed E-state index contributed by atoms with van der Waals surface area (Å²) in [6.07, 6.45) is 8.35. The number of aryl methyl sites for hydroxylation is 1. The quantitative estimate of drug-likeness (QED) is 0.698. The molecule has 0 saturated heterocycles. The van der Waals surface area contributed by atoms with Crippen molar-refractivity contribution in [1.29, 1.82) is 0 Å². The number of rotatable bonds is 5. The van der Waals surface area contributed by atoms with Gasteiger partial charge >= 0.3 is 5.69 Å². The van der Waals surface area contributed by atoms with Gasteiger partial charge in [0, 0.05) is 32.0 Å². The molecule has 0 atom stereocenters. The van der Waals surface area contributed by atoms with Gasteiger partial charge in [-0.25, -0.2) is 4.79 Å². The number of nitrogens with two attached hydrogens (primary N) is 1. The lowest BCUT2D eigenvalue weighted by Crippen LogP contribution is -2.23. The lowest BCUT2D eigenvalue weighted by atomic mass is 10.5. The molecule has 78 valence electrons. The van der Waals surface area contributed by atoms with Crippen molar-refractivity contribution in [3.63, 3.8) is 0 Å². The van der Waals surface area contributed by atoms with Crippen molar-refractivity contribution in [1.82, 2.24) is 9.13 Å². The van der Waals surface area contributed by atoms with Crippen LogP contribution in [0.2, 0.25) is 0 Å². The predicted molar refractivity (Wildman–Crippen MR) is 57.2 cm³/mol. The molecule has 1 aromatic heterocycles. The molecule has 4 nitrogen and oxygen atoms in total. The Hall–Kier alpha value is -1.29. The third-order valence-corrected chi connectivity index (χ3v) is 1.99. The molecule has 1 aromatic rings. The van der Waals surface area contributed by atoms with Crippen LogP contribution in [0.1, 0.15) is 13.3 Å². The fourth-order valence-electron chi connectivity index (χ4n) is 1.29. The Morgan fingerprint density at radius 1 is 1.36 bits per heavy atom. The van der Waals surface area contributed by atoms with Gasteiger partial charge in [0.25, 0.3) is 0 Å². The van der Waals surface area contributed by atoms with Gasteiger partial charge in [-0.15, -0.1) is 0 Å². The molecule has 0 aliphatic carbocycles. The Morgan fingerprint density at radius 2 is 2.07 bits per heavy atom. The third-order valence-electron chi connectivity index (χ3n) is 1.99. The molecule has 0 aromatic carbocycles. The van der Waals surface area contributed by atoms with Crippen LogP contribution < -0.4 is 11.4 Å². The summed E-state index contributed by atoms with van der Waals surface area (Å²) in [5.41, 5.74) is 5.35. The maximum atomic E-state index is 11.6. The largest absolute Gasteiger partial charge is 0.328 e. The van der Waals surface area contributed by atoms with Crippen LogP contribution in [-0.4, -0.2) is 15.7 Å². The van der Waals surface area contributed by atoms with Crippen LogP contribution in [0.4, 0.5) is 0 Å². The van der Waals surface area contributed by atoms with Crippen LogP contribution in [-0.2, 0) is 13.1 Å². The molecule has 0 bridgehead atoms. The number of allylic oxidation sites excluding steroid dienone is 1. The average molecular weight is 195 g/mol. The van der Waals surface area contributed by atoms with Gasteiger partial charge < -0.3 is 5.73 Å². The van der Waals surface area contributed by atoms with E-state index >= 15 is 0 Å². The van der Waals surface area contributed by atoms with E-state index in [1.165, 1.54) is 0 Å². The van der Waals surface area contributed by atoms with E-state index in [1.54, 1.807) is 15.3 Å². The van der Waals surface area contributed by atoms with Crippen LogP contribution in [0.25, 0.3) is 0 Å². The van der Waals surface area contributed by atoms with Crippen molar-refractivity contribution in [2.24, 2.45) is 5.73 Å². The van der Waals surface area contributed by atoms with E-state index in [1.807, 2.05) is 18.3 Å². The van der Waals surface area contributed by atoms with Crippen LogP contribution in [0.3, 0.4) is 0 Å². The highest BCUT2D eigenvalue weighted by atomic mass is 16.1. The highest BCUT2D eigenvalue weighted by Crippen LogP contribution is 1.89. The van der Waals surface area contributed by atoms with Crippen molar-refractivity contribution in [2.45, 2.75) is 26.4 Å². The van der Waals surface area contributed by atoms with E-state index in [4.69, 9.17) is 5.73 Å². The van der Waals surface area contributed by atoms with Crippen molar-refractivity contribution >= 4 is 0 Å². The SMILES string of the molecule is CCCn1ccn(C/C=C/CN)c1=O. The monoisotopic (exact) mass is 195 g/mol. The molecule has 14 heavy (non-hydrogen) atoms.